The minimum absolute atomic E-state index is 0.00435. The van der Waals surface area contributed by atoms with Crippen molar-refractivity contribution in [3.63, 3.8) is 0 Å². The molecule has 14 heteroatoms. The van der Waals surface area contributed by atoms with Crippen LogP contribution in [0.4, 0.5) is 13.2 Å². The molecule has 5 heterocycles. The smallest absolute Gasteiger partial charge is 0.280 e. The normalized spacial score (nSPS) is 17.8. The molecule has 0 radical (unpaired) electrons. The molecule has 10 nitrogen and oxygen atoms in total. The van der Waals surface area contributed by atoms with Crippen LogP contribution in [0.1, 0.15) is 52.8 Å². The summed E-state index contributed by atoms with van der Waals surface area (Å²) in [4.78, 5) is 29.7. The highest BCUT2D eigenvalue weighted by Crippen LogP contribution is 2.36. The van der Waals surface area contributed by atoms with Crippen LogP contribution < -0.4 is 5.32 Å². The average Bonchev–Trinajstić information content (AvgIpc) is 3.69. The number of carbonyl (C=O) groups excluding carboxylic acids is 1. The number of fused-ring (bicyclic) bond motifs is 1. The summed E-state index contributed by atoms with van der Waals surface area (Å²) in [7, 11) is 0. The molecule has 0 aliphatic heterocycles. The highest BCUT2D eigenvalue weighted by molar-refractivity contribution is 7.13. The topological polar surface area (TPSA) is 116 Å². The van der Waals surface area contributed by atoms with Gasteiger partial charge in [-0.25, -0.2) is 37.8 Å². The van der Waals surface area contributed by atoms with Gasteiger partial charge in [0.2, 0.25) is 0 Å². The van der Waals surface area contributed by atoms with Crippen molar-refractivity contribution in [1.29, 1.82) is 0 Å². The molecule has 1 saturated carbocycles. The van der Waals surface area contributed by atoms with Crippen molar-refractivity contribution >= 4 is 28.3 Å². The van der Waals surface area contributed by atoms with Crippen LogP contribution in [-0.2, 0) is 0 Å². The third kappa shape index (κ3) is 4.51. The highest BCUT2D eigenvalue weighted by atomic mass is 32.1. The third-order valence-corrected chi connectivity index (χ3v) is 7.47. The summed E-state index contributed by atoms with van der Waals surface area (Å²) >= 11 is 0.681. The number of thiazole rings is 1. The van der Waals surface area contributed by atoms with E-state index in [0.717, 1.165) is 19.0 Å². The number of rotatable bonds is 6. The second-order valence-corrected chi connectivity index (χ2v) is 9.94. The Balaban J connectivity index is 1.36. The quantitative estimate of drug-likeness (QED) is 0.337. The van der Waals surface area contributed by atoms with Gasteiger partial charge in [0.05, 0.1) is 29.0 Å². The van der Waals surface area contributed by atoms with E-state index in [1.54, 1.807) is 18.6 Å². The number of nitrogens with one attached hydrogen (secondary N) is 1. The number of aromatic nitrogens is 8. The van der Waals surface area contributed by atoms with Crippen molar-refractivity contribution in [2.75, 3.05) is 0 Å². The SMILES string of the molecule is O=C(N[C@H]1CCC[C@@H](n2c(-c3ncccc3F)nc3cnc(-n4ccnn4)cc32)C1)c1ncc(C(F)F)s1. The van der Waals surface area contributed by atoms with Gasteiger partial charge < -0.3 is 9.88 Å². The van der Waals surface area contributed by atoms with Gasteiger partial charge in [0.25, 0.3) is 12.3 Å². The van der Waals surface area contributed by atoms with Gasteiger partial charge in [-0.05, 0) is 37.8 Å². The molecule has 1 aliphatic rings. The third-order valence-electron chi connectivity index (χ3n) is 6.47. The maximum absolute atomic E-state index is 14.9. The Bertz CT molecular complexity index is 1600. The Morgan fingerprint density at radius 2 is 2.05 bits per heavy atom. The lowest BCUT2D eigenvalue weighted by atomic mass is 9.90. The van der Waals surface area contributed by atoms with Crippen LogP contribution in [0.25, 0.3) is 28.4 Å². The van der Waals surface area contributed by atoms with Gasteiger partial charge >= 0.3 is 0 Å². The second-order valence-electron chi connectivity index (χ2n) is 8.88. The lowest BCUT2D eigenvalue weighted by molar-refractivity contribution is 0.0920. The molecule has 2 atom stereocenters. The van der Waals surface area contributed by atoms with E-state index in [0.29, 0.717) is 46.9 Å². The van der Waals surface area contributed by atoms with Crippen LogP contribution >= 0.6 is 11.3 Å². The highest BCUT2D eigenvalue weighted by Gasteiger charge is 2.30. The van der Waals surface area contributed by atoms with Crippen molar-refractivity contribution in [3.05, 3.63) is 64.9 Å². The first-order valence-corrected chi connectivity index (χ1v) is 12.7. The van der Waals surface area contributed by atoms with Gasteiger partial charge in [0.15, 0.2) is 22.5 Å². The summed E-state index contributed by atoms with van der Waals surface area (Å²) in [6, 6.07) is 4.26. The number of hydrogen-bond donors (Lipinski definition) is 1. The Labute approximate surface area is 217 Å². The molecular weight excluding hydrogens is 519 g/mol. The fourth-order valence-corrected chi connectivity index (χ4v) is 5.47. The maximum Gasteiger partial charge on any atom is 0.280 e. The summed E-state index contributed by atoms with van der Waals surface area (Å²) in [6.45, 7) is 0. The molecule has 1 aliphatic carbocycles. The van der Waals surface area contributed by atoms with E-state index >= 15 is 0 Å². The first-order chi connectivity index (χ1) is 18.5. The summed E-state index contributed by atoms with van der Waals surface area (Å²) in [6.07, 6.45) is 7.43. The average molecular weight is 540 g/mol. The Morgan fingerprint density at radius 3 is 2.82 bits per heavy atom. The number of halogens is 3. The molecule has 1 amide bonds. The molecule has 5 aromatic rings. The van der Waals surface area contributed by atoms with Gasteiger partial charge in [0.1, 0.15) is 11.2 Å². The van der Waals surface area contributed by atoms with Crippen LogP contribution in [0.5, 0.6) is 0 Å². The Hall–Kier alpha value is -4.20. The minimum atomic E-state index is -2.68. The molecule has 0 bridgehead atoms. The molecule has 1 N–H and O–H groups in total. The Kier molecular flexibility index (Phi) is 6.31. The zero-order valence-electron chi connectivity index (χ0n) is 19.7. The van der Waals surface area contributed by atoms with Gasteiger partial charge in [-0.1, -0.05) is 5.21 Å². The minimum Gasteiger partial charge on any atom is -0.347 e. The molecule has 5 aromatic heterocycles. The van der Waals surface area contributed by atoms with Crippen molar-refractivity contribution in [2.45, 2.75) is 44.2 Å². The van der Waals surface area contributed by atoms with E-state index in [2.05, 4.69) is 35.6 Å². The first kappa shape index (κ1) is 24.2. The lowest BCUT2D eigenvalue weighted by Gasteiger charge is -2.31. The fraction of sp³-hybridized carbons (Fsp3) is 0.292. The van der Waals surface area contributed by atoms with Crippen molar-refractivity contribution in [3.8, 4) is 17.3 Å². The molecule has 194 valence electrons. The lowest BCUT2D eigenvalue weighted by Crippen LogP contribution is -2.39. The monoisotopic (exact) mass is 539 g/mol. The number of alkyl halides is 2. The number of carbonyl (C=O) groups is 1. The molecule has 0 aromatic carbocycles. The van der Waals surface area contributed by atoms with Gasteiger partial charge in [-0.3, -0.25) is 4.79 Å². The van der Waals surface area contributed by atoms with Gasteiger partial charge in [0, 0.05) is 30.5 Å². The van der Waals surface area contributed by atoms with Crippen molar-refractivity contribution in [2.24, 2.45) is 0 Å². The van der Waals surface area contributed by atoms with Crippen LogP contribution in [0, 0.1) is 5.82 Å². The van der Waals surface area contributed by atoms with E-state index in [9.17, 15) is 18.0 Å². The first-order valence-electron chi connectivity index (χ1n) is 11.9. The number of imidazole rings is 1. The van der Waals surface area contributed by atoms with Crippen LogP contribution in [-0.4, -0.2) is 51.4 Å². The molecule has 1 fully saturated rings. The fourth-order valence-electron chi connectivity index (χ4n) is 4.80. The summed E-state index contributed by atoms with van der Waals surface area (Å²) in [5.41, 5.74) is 1.38. The molecular formula is C24H20F3N9OS. The van der Waals surface area contributed by atoms with Crippen LogP contribution in [0.2, 0.25) is 0 Å². The zero-order valence-corrected chi connectivity index (χ0v) is 20.5. The number of nitrogens with zero attached hydrogens (tertiary/aromatic N) is 8. The molecule has 0 spiro atoms. The predicted octanol–water partition coefficient (Wildman–Crippen LogP) is 4.52. The number of hydrogen-bond acceptors (Lipinski definition) is 8. The van der Waals surface area contributed by atoms with E-state index in [-0.39, 0.29) is 27.7 Å². The van der Waals surface area contributed by atoms with Gasteiger partial charge in [-0.15, -0.1) is 16.4 Å². The van der Waals surface area contributed by atoms with Crippen molar-refractivity contribution in [1.82, 2.24) is 44.8 Å². The summed E-state index contributed by atoms with van der Waals surface area (Å²) in [5, 5.41) is 10.8. The van der Waals surface area contributed by atoms with E-state index in [1.165, 1.54) is 23.0 Å². The van der Waals surface area contributed by atoms with E-state index in [1.807, 2.05) is 10.6 Å². The molecule has 6 rings (SSSR count). The van der Waals surface area contributed by atoms with Crippen LogP contribution in [0.15, 0.2) is 49.2 Å². The largest absolute Gasteiger partial charge is 0.347 e. The number of amides is 1. The zero-order chi connectivity index (χ0) is 26.2. The van der Waals surface area contributed by atoms with Gasteiger partial charge in [-0.2, -0.15) is 0 Å². The maximum atomic E-state index is 14.9. The van der Waals surface area contributed by atoms with Crippen molar-refractivity contribution < 1.29 is 18.0 Å². The number of pyridine rings is 2. The predicted molar refractivity (Wildman–Crippen MR) is 131 cm³/mol. The van der Waals surface area contributed by atoms with E-state index in [4.69, 9.17) is 0 Å². The second kappa shape index (κ2) is 9.93. The molecule has 0 saturated heterocycles. The van der Waals surface area contributed by atoms with E-state index < -0.39 is 18.1 Å². The molecule has 0 unspecified atom stereocenters. The molecule has 38 heavy (non-hydrogen) atoms. The summed E-state index contributed by atoms with van der Waals surface area (Å²) < 4.78 is 44.2. The van der Waals surface area contributed by atoms with Crippen LogP contribution in [0.3, 0.4) is 0 Å². The Morgan fingerprint density at radius 1 is 1.16 bits per heavy atom. The summed E-state index contributed by atoms with van der Waals surface area (Å²) in [5.74, 6) is -0.123. The standard InChI is InChI=1S/C24H20F3N9OS/c25-15-5-2-6-28-20(15)22-33-16-11-29-19(35-8-7-31-34-35)10-17(16)36(22)14-4-1-3-13(9-14)32-23(37)24-30-12-18(38-24)21(26)27/h2,5-8,10-14,21H,1,3-4,9H2,(H,32,37)/t13-,14+/m0/s1.